The Hall–Kier alpha value is -1.17. The highest BCUT2D eigenvalue weighted by molar-refractivity contribution is 7.99. The highest BCUT2D eigenvalue weighted by Crippen LogP contribution is 2.49. The summed E-state index contributed by atoms with van der Waals surface area (Å²) in [5, 5.41) is 3.04. The van der Waals surface area contributed by atoms with Gasteiger partial charge in [-0.25, -0.2) is 0 Å². The largest absolute Gasteiger partial charge is 0.416 e. The van der Waals surface area contributed by atoms with E-state index in [1.807, 2.05) is 11.8 Å². The third-order valence-corrected chi connectivity index (χ3v) is 5.53. The zero-order valence-corrected chi connectivity index (χ0v) is 12.9. The minimum Gasteiger partial charge on any atom is -0.353 e. The lowest BCUT2D eigenvalue weighted by Crippen LogP contribution is -2.43. The summed E-state index contributed by atoms with van der Waals surface area (Å²) in [4.78, 5) is 12.6. The van der Waals surface area contributed by atoms with Crippen LogP contribution in [0.25, 0.3) is 0 Å². The quantitative estimate of drug-likeness (QED) is 0.915. The van der Waals surface area contributed by atoms with Gasteiger partial charge in [-0.2, -0.15) is 24.9 Å². The molecule has 1 saturated carbocycles. The predicted molar refractivity (Wildman–Crippen MR) is 80.8 cm³/mol. The van der Waals surface area contributed by atoms with E-state index in [9.17, 15) is 18.0 Å². The van der Waals surface area contributed by atoms with Crippen molar-refractivity contribution in [1.29, 1.82) is 0 Å². The van der Waals surface area contributed by atoms with Gasteiger partial charge in [0.2, 0.25) is 5.91 Å². The molecule has 1 amide bonds. The Kier molecular flexibility index (Phi) is 4.14. The van der Waals surface area contributed by atoms with Crippen LogP contribution in [0.2, 0.25) is 0 Å². The van der Waals surface area contributed by atoms with Crippen molar-refractivity contribution in [2.45, 2.75) is 43.3 Å². The monoisotopic (exact) mass is 329 g/mol. The number of carbonyl (C=O) groups is 1. The number of alkyl halides is 3. The van der Waals surface area contributed by atoms with Crippen LogP contribution in [0.3, 0.4) is 0 Å². The lowest BCUT2D eigenvalue weighted by atomic mass is 9.92. The maximum absolute atomic E-state index is 12.8. The van der Waals surface area contributed by atoms with Gasteiger partial charge in [0, 0.05) is 6.04 Å². The molecule has 3 rings (SSSR count). The lowest BCUT2D eigenvalue weighted by molar-refractivity contribution is -0.137. The standard InChI is InChI=1S/C16H18F3NOS/c17-16(18,19)12-3-1-2-11(10-12)15(6-7-15)14(21)20-13-4-8-22-9-5-13/h1-3,10,13H,4-9H2,(H,20,21). The van der Waals surface area contributed by atoms with Gasteiger partial charge in [-0.3, -0.25) is 4.79 Å². The minimum atomic E-state index is -4.37. The zero-order chi connectivity index (χ0) is 15.8. The number of hydrogen-bond acceptors (Lipinski definition) is 2. The molecule has 1 aromatic rings. The van der Waals surface area contributed by atoms with Crippen LogP contribution in [0.1, 0.15) is 36.8 Å². The molecule has 0 unspecified atom stereocenters. The van der Waals surface area contributed by atoms with E-state index in [2.05, 4.69) is 5.32 Å². The van der Waals surface area contributed by atoms with Crippen molar-refractivity contribution in [1.82, 2.24) is 5.32 Å². The van der Waals surface area contributed by atoms with Gasteiger partial charge in [-0.05, 0) is 48.8 Å². The van der Waals surface area contributed by atoms with Gasteiger partial charge < -0.3 is 5.32 Å². The molecule has 2 nitrogen and oxygen atoms in total. The zero-order valence-electron chi connectivity index (χ0n) is 12.1. The van der Waals surface area contributed by atoms with Gasteiger partial charge in [0.05, 0.1) is 11.0 Å². The molecule has 0 bridgehead atoms. The summed E-state index contributed by atoms with van der Waals surface area (Å²) in [6.07, 6.45) is -1.24. The van der Waals surface area contributed by atoms with Crippen LogP contribution in [0.15, 0.2) is 24.3 Å². The van der Waals surface area contributed by atoms with E-state index in [-0.39, 0.29) is 11.9 Å². The first-order valence-corrected chi connectivity index (χ1v) is 8.64. The topological polar surface area (TPSA) is 29.1 Å². The fraction of sp³-hybridized carbons (Fsp3) is 0.562. The summed E-state index contributed by atoms with van der Waals surface area (Å²) in [6, 6.07) is 5.37. The van der Waals surface area contributed by atoms with E-state index in [1.165, 1.54) is 6.07 Å². The van der Waals surface area contributed by atoms with E-state index in [1.54, 1.807) is 6.07 Å². The van der Waals surface area contributed by atoms with Crippen LogP contribution in [-0.4, -0.2) is 23.5 Å². The summed E-state index contributed by atoms with van der Waals surface area (Å²) in [6.45, 7) is 0. The van der Waals surface area contributed by atoms with Crippen molar-refractivity contribution in [2.75, 3.05) is 11.5 Å². The Morgan fingerprint density at radius 2 is 1.91 bits per heavy atom. The molecule has 0 radical (unpaired) electrons. The number of benzene rings is 1. The SMILES string of the molecule is O=C(NC1CCSCC1)C1(c2cccc(C(F)(F)F)c2)CC1. The van der Waals surface area contributed by atoms with E-state index >= 15 is 0 Å². The smallest absolute Gasteiger partial charge is 0.353 e. The molecule has 1 aromatic carbocycles. The third kappa shape index (κ3) is 3.12. The summed E-state index contributed by atoms with van der Waals surface area (Å²) in [5.41, 5.74) is -0.936. The van der Waals surface area contributed by atoms with E-state index in [0.29, 0.717) is 18.4 Å². The van der Waals surface area contributed by atoms with Crippen molar-refractivity contribution in [3.63, 3.8) is 0 Å². The molecule has 1 aliphatic heterocycles. The average Bonchev–Trinajstić information content (AvgIpc) is 3.29. The molecule has 1 aliphatic carbocycles. The van der Waals surface area contributed by atoms with E-state index < -0.39 is 17.2 Å². The molecular weight excluding hydrogens is 311 g/mol. The fourth-order valence-electron chi connectivity index (χ4n) is 2.93. The fourth-order valence-corrected chi connectivity index (χ4v) is 4.04. The van der Waals surface area contributed by atoms with Crippen molar-refractivity contribution in [2.24, 2.45) is 0 Å². The van der Waals surface area contributed by atoms with Gasteiger partial charge in [-0.1, -0.05) is 18.2 Å². The molecule has 0 spiro atoms. The number of nitrogens with one attached hydrogen (secondary N) is 1. The van der Waals surface area contributed by atoms with Gasteiger partial charge in [0.25, 0.3) is 0 Å². The molecule has 1 saturated heterocycles. The molecule has 1 N–H and O–H groups in total. The molecule has 120 valence electrons. The molecule has 1 heterocycles. The Bertz CT molecular complexity index is 563. The van der Waals surface area contributed by atoms with Gasteiger partial charge in [-0.15, -0.1) is 0 Å². The average molecular weight is 329 g/mol. The second-order valence-corrected chi connectivity index (χ2v) is 7.25. The van der Waals surface area contributed by atoms with E-state index in [4.69, 9.17) is 0 Å². The lowest BCUT2D eigenvalue weighted by Gasteiger charge is -2.25. The second kappa shape index (κ2) is 5.80. The number of rotatable bonds is 3. The van der Waals surface area contributed by atoms with Gasteiger partial charge >= 0.3 is 6.18 Å². The minimum absolute atomic E-state index is 0.108. The third-order valence-electron chi connectivity index (χ3n) is 4.48. The predicted octanol–water partition coefficient (Wildman–Crippen LogP) is 3.75. The summed E-state index contributed by atoms with van der Waals surface area (Å²) < 4.78 is 38.5. The second-order valence-electron chi connectivity index (χ2n) is 6.02. The van der Waals surface area contributed by atoms with Crippen LogP contribution >= 0.6 is 11.8 Å². The van der Waals surface area contributed by atoms with Crippen molar-refractivity contribution < 1.29 is 18.0 Å². The van der Waals surface area contributed by atoms with Crippen molar-refractivity contribution in [3.05, 3.63) is 35.4 Å². The van der Waals surface area contributed by atoms with Crippen molar-refractivity contribution >= 4 is 17.7 Å². The van der Waals surface area contributed by atoms with Crippen LogP contribution in [0.4, 0.5) is 13.2 Å². The number of carbonyl (C=O) groups excluding carboxylic acids is 1. The molecule has 6 heteroatoms. The molecule has 22 heavy (non-hydrogen) atoms. The van der Waals surface area contributed by atoms with Crippen LogP contribution in [-0.2, 0) is 16.4 Å². The first-order valence-electron chi connectivity index (χ1n) is 7.48. The Morgan fingerprint density at radius 3 is 2.50 bits per heavy atom. The van der Waals surface area contributed by atoms with Crippen LogP contribution in [0, 0.1) is 0 Å². The molecular formula is C16H18F3NOS. The number of hydrogen-bond donors (Lipinski definition) is 1. The van der Waals surface area contributed by atoms with Crippen LogP contribution in [0.5, 0.6) is 0 Å². The molecule has 0 atom stereocenters. The maximum atomic E-state index is 12.8. The first kappa shape index (κ1) is 15.7. The van der Waals surface area contributed by atoms with E-state index in [0.717, 1.165) is 36.5 Å². The first-order chi connectivity index (χ1) is 10.4. The highest BCUT2D eigenvalue weighted by Gasteiger charge is 2.52. The summed E-state index contributed by atoms with van der Waals surface area (Å²) in [7, 11) is 0. The molecule has 2 fully saturated rings. The maximum Gasteiger partial charge on any atom is 0.416 e. The highest BCUT2D eigenvalue weighted by atomic mass is 32.2. The number of amides is 1. The number of halogens is 3. The summed E-state index contributed by atoms with van der Waals surface area (Å²) >= 11 is 1.87. The van der Waals surface area contributed by atoms with Crippen LogP contribution < -0.4 is 5.32 Å². The van der Waals surface area contributed by atoms with Gasteiger partial charge in [0.15, 0.2) is 0 Å². The van der Waals surface area contributed by atoms with Gasteiger partial charge in [0.1, 0.15) is 0 Å². The normalized spacial score (nSPS) is 21.4. The van der Waals surface area contributed by atoms with Crippen molar-refractivity contribution in [3.8, 4) is 0 Å². The Labute approximate surface area is 131 Å². The molecule has 0 aromatic heterocycles. The molecule has 2 aliphatic rings. The Balaban J connectivity index is 1.76. The Morgan fingerprint density at radius 1 is 1.23 bits per heavy atom. The number of thioether (sulfide) groups is 1. The summed E-state index contributed by atoms with van der Waals surface area (Å²) in [5.74, 6) is 1.95.